The third-order valence-corrected chi connectivity index (χ3v) is 16.3. The van der Waals surface area contributed by atoms with E-state index in [9.17, 15) is 31.5 Å². The fourth-order valence-electron chi connectivity index (χ4n) is 12.1. The van der Waals surface area contributed by atoms with Gasteiger partial charge < -0.3 is 8.83 Å². The van der Waals surface area contributed by atoms with E-state index in [0.717, 1.165) is 0 Å². The van der Waals surface area contributed by atoms with E-state index in [1.54, 1.807) is 0 Å². The smallest absolute Gasteiger partial charge is 0.136 e. The normalized spacial score (nSPS) is 20.2. The highest BCUT2D eigenvalue weighted by atomic mass is 16.3. The van der Waals surface area contributed by atoms with Crippen molar-refractivity contribution in [3.05, 3.63) is 350 Å². The maximum atomic E-state index is 9.69. The van der Waals surface area contributed by atoms with Crippen molar-refractivity contribution in [1.82, 2.24) is 0 Å². The fourth-order valence-corrected chi connectivity index (χ4v) is 12.1. The summed E-state index contributed by atoms with van der Waals surface area (Å²) in [6.07, 6.45) is 0. The number of fused-ring (bicyclic) bond motifs is 16. The first-order valence-corrected chi connectivity index (χ1v) is 29.1. The number of furan rings is 2. The molecule has 0 bridgehead atoms. The summed E-state index contributed by atoms with van der Waals surface area (Å²) in [7, 11) is 0. The van der Waals surface area contributed by atoms with E-state index in [0.29, 0.717) is 0 Å². The monoisotopic (exact) mass is 1300 g/mol. The Bertz CT molecular complexity index is 10300. The van der Waals surface area contributed by atoms with Crippen LogP contribution in [0, 0.1) is 0 Å². The maximum Gasteiger partial charge on any atom is 0.136 e. The zero-order valence-corrected chi connectivity index (χ0v) is 48.8. The van der Waals surface area contributed by atoms with Gasteiger partial charge in [0.15, 0.2) is 0 Å². The Hall–Kier alpha value is -12.9. The Morgan fingerprint density at radius 3 is 0.929 bits per heavy atom. The quantitative estimate of drug-likeness (QED) is 0.123. The number of hydrogen-bond acceptors (Lipinski definition) is 2. The number of benzene rings is 19. The van der Waals surface area contributed by atoms with Crippen LogP contribution in [-0.2, 0) is 0 Å². The Morgan fingerprint density at radius 2 is 0.469 bits per heavy atom. The predicted molar refractivity (Wildman–Crippen MR) is 418 cm³/mol. The topological polar surface area (TPSA) is 26.3 Å². The van der Waals surface area contributed by atoms with Crippen LogP contribution >= 0.6 is 0 Å². The van der Waals surface area contributed by atoms with Crippen LogP contribution in [0.2, 0.25) is 0 Å². The minimum absolute atomic E-state index is 0.484. The van der Waals surface area contributed by atoms with Crippen molar-refractivity contribution in [3.8, 4) is 66.8 Å². The molecule has 0 saturated heterocycles. The highest BCUT2D eigenvalue weighted by Crippen LogP contribution is 2.50. The second-order valence-electron chi connectivity index (χ2n) is 21.5. The SMILES string of the molecule is [2H]c1c([2H])c(-c2c3c([2H])c([2H])c([2H])c([2H])c3c(-c3c([2H])c([2H])c([2H])c4oc5c([2H])c6c([2H])c([2H])c([2H])c([2H])c6c([2H])c5c34)c3c([2H])c([2H])c([2H])c([2H])c23)c([2H])c([2H])c1-c1c([2H])c([2H])c([2H])c2c([2H])c([2H])c([2H])c([2H])c12.[2H]c1c([2H])c(-c2c3c([2H])c([2H])c([2H])c([2H])c3c(-c3c([2H])c([2H])c([2H])c4oc5c([2H])c6c([2H])c([2H])c([2H])c([2H])c6c([2H])c5c34)c3c([2H])c([2H])c([2H])c([2H])c23)c([2H])c([2H])c1-c1c([2H])c([2H])c2c([2H])c([2H])c3c([2H])c([2H])c([2H])c([2H])c3c2c1[2H]. The molecule has 0 spiro atoms. The summed E-state index contributed by atoms with van der Waals surface area (Å²) in [5.41, 5.74) is -11.9. The molecule has 0 unspecified atom stereocenters. The van der Waals surface area contributed by atoms with E-state index in [1.165, 1.54) is 0 Å². The molecule has 0 saturated carbocycles. The molecule has 2 nitrogen and oxygen atoms in total. The molecule has 98 heavy (non-hydrogen) atoms. The molecule has 21 aromatic rings. The van der Waals surface area contributed by atoms with Crippen LogP contribution in [0.4, 0.5) is 0 Å². The first-order chi connectivity index (χ1) is 72.8. The Labute approximate surface area is 646 Å². The lowest BCUT2D eigenvalue weighted by molar-refractivity contribution is 0.669. The van der Waals surface area contributed by atoms with Crippen molar-refractivity contribution in [2.24, 2.45) is 0 Å². The van der Waals surface area contributed by atoms with Gasteiger partial charge in [-0.05, 0) is 206 Å². The molecule has 19 aromatic carbocycles. The molecule has 0 atom stereocenters. The van der Waals surface area contributed by atoms with Crippen molar-refractivity contribution >= 4 is 141 Å². The van der Waals surface area contributed by atoms with Crippen molar-refractivity contribution in [2.45, 2.75) is 0 Å². The second-order valence-corrected chi connectivity index (χ2v) is 21.5. The van der Waals surface area contributed by atoms with E-state index in [1.807, 2.05) is 0 Å². The molecule has 0 aliphatic rings. The summed E-state index contributed by atoms with van der Waals surface area (Å²) in [4.78, 5) is 0. The molecule has 454 valence electrons. The molecule has 0 fully saturated rings. The van der Waals surface area contributed by atoms with Crippen LogP contribution in [0.1, 0.15) is 79.5 Å². The lowest BCUT2D eigenvalue weighted by atomic mass is 9.84. The molecular formula is C96H58O2. The van der Waals surface area contributed by atoms with Crippen LogP contribution in [0.25, 0.3) is 208 Å². The van der Waals surface area contributed by atoms with Crippen LogP contribution < -0.4 is 0 Å². The molecule has 2 aromatic heterocycles. The molecule has 21 rings (SSSR count). The van der Waals surface area contributed by atoms with Gasteiger partial charge in [0.25, 0.3) is 0 Å². The van der Waals surface area contributed by atoms with Gasteiger partial charge in [0, 0.05) is 21.5 Å². The summed E-state index contributed by atoms with van der Waals surface area (Å²) < 4.78 is 536. The molecule has 2 heterocycles. The number of rotatable bonds is 6. The molecule has 0 amide bonds. The first-order valence-electron chi connectivity index (χ1n) is 58.1. The van der Waals surface area contributed by atoms with E-state index in [2.05, 4.69) is 0 Å². The summed E-state index contributed by atoms with van der Waals surface area (Å²) >= 11 is 0. The third kappa shape index (κ3) is 8.89. The van der Waals surface area contributed by atoms with Gasteiger partial charge in [0.1, 0.15) is 22.3 Å². The molecular weight excluding hydrogens is 1190 g/mol. The van der Waals surface area contributed by atoms with E-state index in [4.69, 9.17) is 56.8 Å². The van der Waals surface area contributed by atoms with Gasteiger partial charge in [-0.1, -0.05) is 308 Å². The van der Waals surface area contributed by atoms with E-state index in [-0.39, 0.29) is 0 Å². The van der Waals surface area contributed by atoms with Gasteiger partial charge in [-0.25, -0.2) is 0 Å². The van der Waals surface area contributed by atoms with Crippen molar-refractivity contribution in [2.75, 3.05) is 0 Å². The predicted octanol–water partition coefficient (Wildman–Crippen LogP) is 27.6. The summed E-state index contributed by atoms with van der Waals surface area (Å²) in [6.45, 7) is 0. The number of hydrogen-bond donors (Lipinski definition) is 0. The van der Waals surface area contributed by atoms with E-state index >= 15 is 0 Å². The summed E-state index contributed by atoms with van der Waals surface area (Å²) in [5.74, 6) is 0. The molecule has 0 N–H and O–H groups in total. The van der Waals surface area contributed by atoms with E-state index < -0.39 is 558 Å². The van der Waals surface area contributed by atoms with Crippen molar-refractivity contribution < 1.29 is 88.3 Å². The van der Waals surface area contributed by atoms with Gasteiger partial charge in [-0.3, -0.25) is 0 Å². The largest absolute Gasteiger partial charge is 0.456 e. The second kappa shape index (κ2) is 22.4. The Morgan fingerprint density at radius 1 is 0.163 bits per heavy atom. The molecule has 2 heteroatoms. The average Bonchev–Trinajstić information content (AvgIpc) is 1.16. The standard InChI is InChI=1S/C50H30O.C46H28O/c1-2-12-36-30-47-45(29-35(36)11-1)50-43(18-9-19-46(50)51-47)49-41-16-7-5-14-39(41)48(40-15-6-8-17-42(40)49)34-25-20-31(21-26-34)37-27-24-33-23-22-32-10-3-4-13-38(32)44(33)28-37;1-2-13-33-28-43-41(27-32(33)12-1)46-40(21-10-22-42(46)47-43)45-38-18-7-5-16-36(38)44(37-17-6-8-19-39(37)45)31-25-23-30(24-26-31)35-20-9-14-29-11-3-4-15-34(29)35/h1-30H;1-28H/i1D,2D,3D,4D,5D,6D,7D,8D,9D,10D,11D,12D,13D,14D,15D,16D,17D,18D,19D,20D,21D,22D,23D,24D,25D,26D,27D,28D,29D,30D;1D,2D,3D,4D,5D,6D,7D,8D,9D,10D,11D,12D,13D,14D,15D,16D,17D,18D,19D,20D,21D,22D,23D,24D,25D,26D,27D,28D. The van der Waals surface area contributed by atoms with Gasteiger partial charge in [-0.15, -0.1) is 0 Å². The van der Waals surface area contributed by atoms with Crippen molar-refractivity contribution in [3.63, 3.8) is 0 Å². The summed E-state index contributed by atoms with van der Waals surface area (Å²) in [6, 6.07) is -53.7. The zero-order chi connectivity index (χ0) is 115. The third-order valence-electron chi connectivity index (χ3n) is 16.3. The lowest BCUT2D eigenvalue weighted by Crippen LogP contribution is -1.91. The molecule has 0 aliphatic heterocycles. The van der Waals surface area contributed by atoms with Crippen LogP contribution in [0.15, 0.2) is 359 Å². The fraction of sp³-hybridized carbons (Fsp3) is 0. The first kappa shape index (κ1) is 22.9. The van der Waals surface area contributed by atoms with Crippen LogP contribution in [0.3, 0.4) is 0 Å². The van der Waals surface area contributed by atoms with Gasteiger partial charge in [0.2, 0.25) is 0 Å². The highest BCUT2D eigenvalue weighted by Gasteiger charge is 2.24. The highest BCUT2D eigenvalue weighted by molar-refractivity contribution is 6.28. The Balaban J connectivity index is 0.000000188. The minimum Gasteiger partial charge on any atom is -0.456 e. The van der Waals surface area contributed by atoms with Crippen LogP contribution in [-0.4, -0.2) is 0 Å². The average molecular weight is 1300 g/mol. The maximum absolute atomic E-state index is 9.69. The van der Waals surface area contributed by atoms with Crippen LogP contribution in [0.5, 0.6) is 0 Å². The van der Waals surface area contributed by atoms with Crippen molar-refractivity contribution in [1.29, 1.82) is 0 Å². The van der Waals surface area contributed by atoms with Gasteiger partial charge >= 0.3 is 0 Å². The molecule has 0 aliphatic carbocycles. The van der Waals surface area contributed by atoms with Gasteiger partial charge in [-0.2, -0.15) is 0 Å². The van der Waals surface area contributed by atoms with Gasteiger partial charge in [0.05, 0.1) is 79.5 Å². The molecule has 0 radical (unpaired) electrons. The zero-order valence-electron chi connectivity index (χ0n) is 107. The lowest BCUT2D eigenvalue weighted by Gasteiger charge is -2.18. The Kier molecular flexibility index (Phi) is 5.24. The summed E-state index contributed by atoms with van der Waals surface area (Å²) in [5, 5.41) is -13.7. The minimum atomic E-state index is -1.14.